The second-order valence-electron chi connectivity index (χ2n) is 4.11. The summed E-state index contributed by atoms with van der Waals surface area (Å²) in [5, 5.41) is 2.57. The number of nitrogens with one attached hydrogen (secondary N) is 1. The van der Waals surface area contributed by atoms with Gasteiger partial charge in [-0.3, -0.25) is 9.59 Å². The van der Waals surface area contributed by atoms with E-state index >= 15 is 0 Å². The predicted molar refractivity (Wildman–Crippen MR) is 77.8 cm³/mol. The minimum absolute atomic E-state index is 0.168. The molecule has 104 valence electrons. The van der Waals surface area contributed by atoms with Crippen LogP contribution in [0.3, 0.4) is 0 Å². The molecule has 1 aromatic carbocycles. The number of nitrogens with two attached hydrogens (primary N) is 1. The molecule has 0 saturated heterocycles. The molecule has 0 saturated carbocycles. The molecule has 1 heterocycles. The largest absolute Gasteiger partial charge is 0.398 e. The van der Waals surface area contributed by atoms with Crippen LogP contribution in [0.5, 0.6) is 0 Å². The first-order valence-electron chi connectivity index (χ1n) is 5.66. The Labute approximate surface area is 122 Å². The van der Waals surface area contributed by atoms with Gasteiger partial charge in [-0.05, 0) is 40.2 Å². The Morgan fingerprint density at radius 3 is 2.80 bits per heavy atom. The van der Waals surface area contributed by atoms with Crippen LogP contribution in [0.25, 0.3) is 0 Å². The van der Waals surface area contributed by atoms with E-state index in [9.17, 15) is 14.0 Å². The van der Waals surface area contributed by atoms with E-state index < -0.39 is 11.7 Å². The number of nitrogen functional groups attached to an aromatic ring is 1. The summed E-state index contributed by atoms with van der Waals surface area (Å²) in [6.45, 7) is -0.168. The molecule has 0 radical (unpaired) electrons. The summed E-state index contributed by atoms with van der Waals surface area (Å²) in [5.41, 5.74) is 6.05. The van der Waals surface area contributed by atoms with E-state index in [2.05, 4.69) is 21.2 Å². The Hall–Kier alpha value is -2.15. The Morgan fingerprint density at radius 2 is 2.10 bits per heavy atom. The fourth-order valence-corrected chi connectivity index (χ4v) is 1.98. The molecule has 0 aliphatic rings. The Morgan fingerprint density at radius 1 is 1.35 bits per heavy atom. The SMILES string of the molecule is Nc1ccc(=O)n(CC(=O)Nc2ccc(F)c(Br)c2)c1. The van der Waals surface area contributed by atoms with Crippen molar-refractivity contribution < 1.29 is 9.18 Å². The first-order valence-corrected chi connectivity index (χ1v) is 6.46. The molecular weight excluding hydrogens is 329 g/mol. The normalized spacial score (nSPS) is 10.3. The summed E-state index contributed by atoms with van der Waals surface area (Å²) < 4.78 is 14.5. The molecule has 5 nitrogen and oxygen atoms in total. The Kier molecular flexibility index (Phi) is 4.19. The van der Waals surface area contributed by atoms with Crippen LogP contribution in [-0.4, -0.2) is 10.5 Å². The number of rotatable bonds is 3. The number of nitrogens with zero attached hydrogens (tertiary/aromatic N) is 1. The van der Waals surface area contributed by atoms with Crippen molar-refractivity contribution in [3.8, 4) is 0 Å². The zero-order valence-electron chi connectivity index (χ0n) is 10.3. The van der Waals surface area contributed by atoms with Gasteiger partial charge in [0.05, 0.1) is 4.47 Å². The molecule has 20 heavy (non-hydrogen) atoms. The highest BCUT2D eigenvalue weighted by atomic mass is 79.9. The Balaban J connectivity index is 2.11. The summed E-state index contributed by atoms with van der Waals surface area (Å²) in [6, 6.07) is 6.85. The molecule has 0 atom stereocenters. The van der Waals surface area contributed by atoms with Gasteiger partial charge in [-0.25, -0.2) is 4.39 Å². The van der Waals surface area contributed by atoms with Crippen LogP contribution < -0.4 is 16.6 Å². The summed E-state index contributed by atoms with van der Waals surface area (Å²) in [5.74, 6) is -0.828. The van der Waals surface area contributed by atoms with E-state index in [1.165, 1.54) is 41.1 Å². The maximum atomic E-state index is 13.1. The summed E-state index contributed by atoms with van der Waals surface area (Å²) in [7, 11) is 0. The zero-order valence-corrected chi connectivity index (χ0v) is 11.9. The maximum absolute atomic E-state index is 13.1. The number of benzene rings is 1. The van der Waals surface area contributed by atoms with Crippen LogP contribution in [0.15, 0.2) is 45.8 Å². The molecule has 0 aliphatic carbocycles. The number of carbonyl (C=O) groups excluding carboxylic acids is 1. The van der Waals surface area contributed by atoms with Gasteiger partial charge >= 0.3 is 0 Å². The number of aromatic nitrogens is 1. The van der Waals surface area contributed by atoms with Crippen molar-refractivity contribution in [3.05, 3.63) is 57.2 Å². The van der Waals surface area contributed by atoms with Crippen molar-refractivity contribution in [2.75, 3.05) is 11.1 Å². The minimum Gasteiger partial charge on any atom is -0.398 e. The van der Waals surface area contributed by atoms with Gasteiger partial charge in [-0.2, -0.15) is 0 Å². The molecule has 1 amide bonds. The molecule has 0 aliphatic heterocycles. The van der Waals surface area contributed by atoms with Gasteiger partial charge in [0.2, 0.25) is 5.91 Å². The van der Waals surface area contributed by atoms with E-state index in [0.717, 1.165) is 0 Å². The van der Waals surface area contributed by atoms with Gasteiger partial charge in [-0.1, -0.05) is 0 Å². The molecule has 0 fully saturated rings. The fourth-order valence-electron chi connectivity index (χ4n) is 1.60. The monoisotopic (exact) mass is 339 g/mol. The van der Waals surface area contributed by atoms with E-state index in [4.69, 9.17) is 5.73 Å². The maximum Gasteiger partial charge on any atom is 0.251 e. The summed E-state index contributed by atoms with van der Waals surface area (Å²) in [4.78, 5) is 23.3. The molecule has 2 rings (SSSR count). The van der Waals surface area contributed by atoms with E-state index in [1.807, 2.05) is 0 Å². The van der Waals surface area contributed by atoms with Crippen molar-refractivity contribution in [2.24, 2.45) is 0 Å². The van der Waals surface area contributed by atoms with Crippen molar-refractivity contribution in [3.63, 3.8) is 0 Å². The lowest BCUT2D eigenvalue weighted by Crippen LogP contribution is -2.27. The number of anilines is 2. The first-order chi connectivity index (χ1) is 9.45. The highest BCUT2D eigenvalue weighted by Crippen LogP contribution is 2.19. The lowest BCUT2D eigenvalue weighted by molar-refractivity contribution is -0.116. The second kappa shape index (κ2) is 5.87. The third-order valence-electron chi connectivity index (χ3n) is 2.52. The van der Waals surface area contributed by atoms with Gasteiger partial charge in [0.25, 0.3) is 5.56 Å². The highest BCUT2D eigenvalue weighted by Gasteiger charge is 2.07. The van der Waals surface area contributed by atoms with Crippen LogP contribution in [0.4, 0.5) is 15.8 Å². The van der Waals surface area contributed by atoms with E-state index in [1.54, 1.807) is 0 Å². The number of halogens is 2. The van der Waals surface area contributed by atoms with Crippen LogP contribution in [0, 0.1) is 5.82 Å². The van der Waals surface area contributed by atoms with E-state index in [-0.39, 0.29) is 16.6 Å². The average Bonchev–Trinajstić information content (AvgIpc) is 2.38. The quantitative estimate of drug-likeness (QED) is 0.897. The lowest BCUT2D eigenvalue weighted by Gasteiger charge is -2.08. The molecule has 0 unspecified atom stereocenters. The van der Waals surface area contributed by atoms with Gasteiger partial charge in [-0.15, -0.1) is 0 Å². The third kappa shape index (κ3) is 3.45. The molecule has 3 N–H and O–H groups in total. The van der Waals surface area contributed by atoms with Crippen LogP contribution in [-0.2, 0) is 11.3 Å². The number of hydrogen-bond acceptors (Lipinski definition) is 3. The van der Waals surface area contributed by atoms with Crippen LogP contribution >= 0.6 is 15.9 Å². The zero-order chi connectivity index (χ0) is 14.7. The molecule has 7 heteroatoms. The summed E-state index contributed by atoms with van der Waals surface area (Å²) >= 11 is 3.03. The predicted octanol–water partition coefficient (Wildman–Crippen LogP) is 1.97. The fraction of sp³-hybridized carbons (Fsp3) is 0.0769. The van der Waals surface area contributed by atoms with Crippen LogP contribution in [0.2, 0.25) is 0 Å². The van der Waals surface area contributed by atoms with Crippen LogP contribution in [0.1, 0.15) is 0 Å². The van der Waals surface area contributed by atoms with Gasteiger partial charge < -0.3 is 15.6 Å². The van der Waals surface area contributed by atoms with Crippen molar-refractivity contribution in [2.45, 2.75) is 6.54 Å². The Bertz CT molecular complexity index is 715. The molecule has 1 aromatic heterocycles. The van der Waals surface area contributed by atoms with Crippen molar-refractivity contribution in [1.29, 1.82) is 0 Å². The minimum atomic E-state index is -0.421. The number of carbonyl (C=O) groups is 1. The third-order valence-corrected chi connectivity index (χ3v) is 3.13. The lowest BCUT2D eigenvalue weighted by atomic mass is 10.3. The van der Waals surface area contributed by atoms with Gasteiger partial charge in [0, 0.05) is 23.6 Å². The van der Waals surface area contributed by atoms with Gasteiger partial charge in [0.1, 0.15) is 12.4 Å². The smallest absolute Gasteiger partial charge is 0.251 e. The van der Waals surface area contributed by atoms with Gasteiger partial charge in [0.15, 0.2) is 0 Å². The van der Waals surface area contributed by atoms with E-state index in [0.29, 0.717) is 11.4 Å². The number of amides is 1. The molecule has 0 spiro atoms. The average molecular weight is 340 g/mol. The van der Waals surface area contributed by atoms with Crippen molar-refractivity contribution >= 4 is 33.2 Å². The summed E-state index contributed by atoms with van der Waals surface area (Å²) in [6.07, 6.45) is 1.39. The standard InChI is InChI=1S/C13H11BrFN3O2/c14-10-5-9(2-3-11(10)15)17-12(19)7-18-6-8(16)1-4-13(18)20/h1-6H,7,16H2,(H,17,19). The molecule has 0 bridgehead atoms. The number of hydrogen-bond donors (Lipinski definition) is 2. The van der Waals surface area contributed by atoms with Crippen molar-refractivity contribution in [1.82, 2.24) is 4.57 Å². The molecule has 2 aromatic rings. The molecular formula is C13H11BrFN3O2. The second-order valence-corrected chi connectivity index (χ2v) is 4.96. The first kappa shape index (κ1) is 14.3. The highest BCUT2D eigenvalue weighted by molar-refractivity contribution is 9.10. The topological polar surface area (TPSA) is 77.1 Å². The number of pyridine rings is 1.